The number of carboxylic acid groups (broad SMARTS) is 1. The Morgan fingerprint density at radius 3 is 2.94 bits per heavy atom. The van der Waals surface area contributed by atoms with E-state index < -0.39 is 17.9 Å². The van der Waals surface area contributed by atoms with Crippen LogP contribution in [0.15, 0.2) is 36.5 Å². The molecule has 0 amide bonds. The summed E-state index contributed by atoms with van der Waals surface area (Å²) in [5, 5.41) is 18.8. The fourth-order valence-electron chi connectivity index (χ4n) is 1.34. The molecule has 0 aliphatic heterocycles. The van der Waals surface area contributed by atoms with Crippen LogP contribution in [0, 0.1) is 0 Å². The Bertz CT molecular complexity index is 344. The highest BCUT2D eigenvalue weighted by Crippen LogP contribution is 2.25. The second-order valence-electron chi connectivity index (χ2n) is 3.27. The van der Waals surface area contributed by atoms with E-state index in [2.05, 4.69) is 6.58 Å². The first-order valence-corrected chi connectivity index (χ1v) is 4.68. The third-order valence-electron chi connectivity index (χ3n) is 2.17. The number of ether oxygens (including phenoxy) is 2. The first-order valence-electron chi connectivity index (χ1n) is 4.68. The van der Waals surface area contributed by atoms with E-state index in [9.17, 15) is 9.90 Å². The van der Waals surface area contributed by atoms with Crippen LogP contribution >= 0.6 is 0 Å². The fourth-order valence-corrected chi connectivity index (χ4v) is 1.34. The molecule has 0 fully saturated rings. The van der Waals surface area contributed by atoms with Crippen LogP contribution in [0.1, 0.15) is 0 Å². The predicted octanol–water partition coefficient (Wildman–Crippen LogP) is 0.473. The molecule has 1 aliphatic carbocycles. The van der Waals surface area contributed by atoms with Crippen molar-refractivity contribution in [1.29, 1.82) is 0 Å². The van der Waals surface area contributed by atoms with Crippen LogP contribution in [0.4, 0.5) is 0 Å². The normalized spacial score (nSPS) is 28.6. The molecule has 2 N–H and O–H groups in total. The maximum Gasteiger partial charge on any atom is 0.335 e. The maximum atomic E-state index is 10.7. The summed E-state index contributed by atoms with van der Waals surface area (Å²) in [6.07, 6.45) is 4.46. The van der Waals surface area contributed by atoms with E-state index in [-0.39, 0.29) is 12.2 Å². The number of hydrogen-bond acceptors (Lipinski definition) is 4. The zero-order valence-corrected chi connectivity index (χ0v) is 8.92. The second kappa shape index (κ2) is 5.07. The molecule has 1 aliphatic rings. The van der Waals surface area contributed by atoms with Crippen LogP contribution in [-0.4, -0.2) is 41.8 Å². The molecule has 0 heterocycles. The number of aliphatic hydroxyl groups is 1. The molecule has 5 nitrogen and oxygen atoms in total. The second-order valence-corrected chi connectivity index (χ2v) is 3.27. The summed E-state index contributed by atoms with van der Waals surface area (Å²) in [6, 6.07) is 0. The van der Waals surface area contributed by atoms with Crippen molar-refractivity contribution in [2.45, 2.75) is 11.9 Å². The van der Waals surface area contributed by atoms with Crippen LogP contribution in [-0.2, 0) is 14.3 Å². The highest BCUT2D eigenvalue weighted by Gasteiger charge is 2.37. The first kappa shape index (κ1) is 12.6. The lowest BCUT2D eigenvalue weighted by Gasteiger charge is -2.32. The van der Waals surface area contributed by atoms with Gasteiger partial charge in [-0.25, -0.2) is 4.79 Å². The lowest BCUT2D eigenvalue weighted by Crippen LogP contribution is -2.45. The van der Waals surface area contributed by atoms with Crippen molar-refractivity contribution in [2.75, 3.05) is 13.7 Å². The minimum atomic E-state index is -1.65. The lowest BCUT2D eigenvalue weighted by atomic mass is 9.99. The number of aliphatic carboxylic acids is 1. The summed E-state index contributed by atoms with van der Waals surface area (Å²) in [5.74, 6) is -2.73. The average Bonchev–Trinajstić information content (AvgIpc) is 2.26. The van der Waals surface area contributed by atoms with Crippen molar-refractivity contribution in [3.8, 4) is 0 Å². The molecule has 0 aromatic carbocycles. The number of methoxy groups -OCH3 is 1. The van der Waals surface area contributed by atoms with Gasteiger partial charge < -0.3 is 19.7 Å². The summed E-state index contributed by atoms with van der Waals surface area (Å²) in [6.45, 7) is 3.60. The zero-order chi connectivity index (χ0) is 12.2. The Kier molecular flexibility index (Phi) is 4.00. The van der Waals surface area contributed by atoms with E-state index in [0.29, 0.717) is 0 Å². The van der Waals surface area contributed by atoms with E-state index >= 15 is 0 Å². The molecular weight excluding hydrogens is 212 g/mol. The third kappa shape index (κ3) is 2.57. The van der Waals surface area contributed by atoms with Crippen molar-refractivity contribution >= 4 is 5.97 Å². The quantitative estimate of drug-likeness (QED) is 0.526. The van der Waals surface area contributed by atoms with Crippen LogP contribution in [0.5, 0.6) is 0 Å². The van der Waals surface area contributed by atoms with Gasteiger partial charge in [-0.15, -0.1) is 6.58 Å². The molecule has 0 radical (unpaired) electrons. The third-order valence-corrected chi connectivity index (χ3v) is 2.17. The highest BCUT2D eigenvalue weighted by molar-refractivity contribution is 5.90. The largest absolute Gasteiger partial charge is 0.478 e. The molecule has 1 rings (SSSR count). The van der Waals surface area contributed by atoms with Gasteiger partial charge in [-0.2, -0.15) is 0 Å². The molecule has 16 heavy (non-hydrogen) atoms. The Balaban J connectivity index is 2.88. The minimum absolute atomic E-state index is 0.0544. The van der Waals surface area contributed by atoms with Gasteiger partial charge in [0.15, 0.2) is 0 Å². The van der Waals surface area contributed by atoms with Crippen LogP contribution in [0.25, 0.3) is 0 Å². The Hall–Kier alpha value is -1.43. The van der Waals surface area contributed by atoms with Gasteiger partial charge in [-0.3, -0.25) is 0 Å². The van der Waals surface area contributed by atoms with Crippen molar-refractivity contribution < 1.29 is 24.5 Å². The maximum absolute atomic E-state index is 10.7. The van der Waals surface area contributed by atoms with Crippen LogP contribution in [0.3, 0.4) is 0 Å². The molecule has 0 aromatic heterocycles. The van der Waals surface area contributed by atoms with Gasteiger partial charge in [-0.1, -0.05) is 6.08 Å². The van der Waals surface area contributed by atoms with Gasteiger partial charge in [0.25, 0.3) is 0 Å². The minimum Gasteiger partial charge on any atom is -0.478 e. The van der Waals surface area contributed by atoms with E-state index in [0.717, 1.165) is 0 Å². The summed E-state index contributed by atoms with van der Waals surface area (Å²) in [4.78, 5) is 10.7. The molecule has 0 saturated carbocycles. The van der Waals surface area contributed by atoms with Gasteiger partial charge in [0, 0.05) is 7.11 Å². The Morgan fingerprint density at radius 1 is 1.75 bits per heavy atom. The van der Waals surface area contributed by atoms with Crippen LogP contribution in [0.2, 0.25) is 0 Å². The van der Waals surface area contributed by atoms with Gasteiger partial charge >= 0.3 is 5.97 Å². The molecule has 2 atom stereocenters. The molecular formula is C11H14O5. The number of rotatable bonds is 5. The van der Waals surface area contributed by atoms with Crippen molar-refractivity contribution in [2.24, 2.45) is 0 Å². The molecule has 88 valence electrons. The van der Waals surface area contributed by atoms with Crippen molar-refractivity contribution in [1.82, 2.24) is 0 Å². The van der Waals surface area contributed by atoms with E-state index in [1.807, 2.05) is 0 Å². The van der Waals surface area contributed by atoms with Gasteiger partial charge in [0.2, 0.25) is 5.79 Å². The van der Waals surface area contributed by atoms with Gasteiger partial charge in [0.05, 0.1) is 12.2 Å². The smallest absolute Gasteiger partial charge is 0.335 e. The monoisotopic (exact) mass is 226 g/mol. The van der Waals surface area contributed by atoms with Crippen molar-refractivity contribution in [3.05, 3.63) is 36.5 Å². The topological polar surface area (TPSA) is 76.0 Å². The number of hydrogen-bond donors (Lipinski definition) is 2. The van der Waals surface area contributed by atoms with E-state index in [4.69, 9.17) is 14.6 Å². The SMILES string of the molecule is C=CCOC1(O)C=CC(C(=O)O)=CC1OC. The summed E-state index contributed by atoms with van der Waals surface area (Å²) >= 11 is 0. The lowest BCUT2D eigenvalue weighted by molar-refractivity contribution is -0.212. The summed E-state index contributed by atoms with van der Waals surface area (Å²) in [7, 11) is 1.36. The molecule has 2 unspecified atom stereocenters. The molecule has 0 saturated heterocycles. The number of carboxylic acids is 1. The van der Waals surface area contributed by atoms with Crippen molar-refractivity contribution in [3.63, 3.8) is 0 Å². The molecule has 0 aromatic rings. The summed E-state index contributed by atoms with van der Waals surface area (Å²) in [5.41, 5.74) is 0.0544. The fraction of sp³-hybridized carbons (Fsp3) is 0.364. The van der Waals surface area contributed by atoms with Crippen LogP contribution < -0.4 is 0 Å². The van der Waals surface area contributed by atoms with Gasteiger partial charge in [0.1, 0.15) is 6.10 Å². The van der Waals surface area contributed by atoms with E-state index in [1.165, 1.54) is 31.4 Å². The summed E-state index contributed by atoms with van der Waals surface area (Å²) < 4.78 is 10.1. The van der Waals surface area contributed by atoms with Gasteiger partial charge in [-0.05, 0) is 18.2 Å². The average molecular weight is 226 g/mol. The standard InChI is InChI=1S/C11H14O5/c1-3-6-16-11(14)5-4-8(10(12)13)7-9(11)15-2/h3-5,7,9,14H,1,6H2,2H3,(H,12,13). The Labute approximate surface area is 93.3 Å². The Morgan fingerprint density at radius 2 is 2.44 bits per heavy atom. The highest BCUT2D eigenvalue weighted by atomic mass is 16.6. The van der Waals surface area contributed by atoms with E-state index in [1.54, 1.807) is 0 Å². The predicted molar refractivity (Wildman–Crippen MR) is 56.8 cm³/mol. The molecule has 0 spiro atoms. The molecule has 5 heteroatoms. The first-order chi connectivity index (χ1) is 7.53. The zero-order valence-electron chi connectivity index (χ0n) is 8.92. The number of carbonyl (C=O) groups is 1. The molecule has 0 bridgehead atoms.